The summed E-state index contributed by atoms with van der Waals surface area (Å²) in [5, 5.41) is 2.02. The highest BCUT2D eigenvalue weighted by Crippen LogP contribution is 2.26. The van der Waals surface area contributed by atoms with E-state index in [9.17, 15) is 9.59 Å². The van der Waals surface area contributed by atoms with Crippen LogP contribution < -0.4 is 0 Å². The van der Waals surface area contributed by atoms with Crippen molar-refractivity contribution in [3.63, 3.8) is 0 Å². The minimum absolute atomic E-state index is 0.0285. The SMILES string of the molecule is O=C(c1cccc2ccccc12)N1CCC(C(=O)N(Cc2ccco2)Cc2ccco2)CC1. The predicted octanol–water partition coefficient (Wildman–Crippen LogP) is 5.11. The maximum atomic E-state index is 13.4. The Bertz CT molecular complexity index is 1180. The summed E-state index contributed by atoms with van der Waals surface area (Å²) in [6.07, 6.45) is 4.51. The summed E-state index contributed by atoms with van der Waals surface area (Å²) in [5.74, 6) is 1.43. The second kappa shape index (κ2) is 9.36. The number of likely N-dealkylation sites (tertiary alicyclic amines) is 1. The van der Waals surface area contributed by atoms with E-state index < -0.39 is 0 Å². The van der Waals surface area contributed by atoms with E-state index in [1.54, 1.807) is 17.4 Å². The molecule has 3 heterocycles. The van der Waals surface area contributed by atoms with Crippen LogP contribution in [0.4, 0.5) is 0 Å². The lowest BCUT2D eigenvalue weighted by Crippen LogP contribution is -2.44. The number of piperidine rings is 1. The molecule has 1 aliphatic heterocycles. The van der Waals surface area contributed by atoms with Crippen LogP contribution in [0.1, 0.15) is 34.7 Å². The van der Waals surface area contributed by atoms with Gasteiger partial charge in [-0.3, -0.25) is 9.59 Å². The van der Waals surface area contributed by atoms with Crippen LogP contribution in [-0.4, -0.2) is 34.7 Å². The Morgan fingerprint density at radius 3 is 2.09 bits per heavy atom. The van der Waals surface area contributed by atoms with Crippen molar-refractivity contribution in [2.45, 2.75) is 25.9 Å². The standard InChI is InChI=1S/C27H26N2O4/c30-26(29(18-22-8-4-16-32-22)19-23-9-5-17-33-23)21-12-14-28(15-13-21)27(31)25-11-3-7-20-6-1-2-10-24(20)25/h1-11,16-17,21H,12-15,18-19H2. The second-order valence-electron chi connectivity index (χ2n) is 8.45. The fraction of sp³-hybridized carbons (Fsp3) is 0.259. The van der Waals surface area contributed by atoms with Gasteiger partial charge < -0.3 is 18.6 Å². The quantitative estimate of drug-likeness (QED) is 0.416. The normalized spacial score (nSPS) is 14.5. The van der Waals surface area contributed by atoms with E-state index in [-0.39, 0.29) is 17.7 Å². The Labute approximate surface area is 192 Å². The predicted molar refractivity (Wildman–Crippen MR) is 124 cm³/mol. The van der Waals surface area contributed by atoms with Gasteiger partial charge in [0.1, 0.15) is 11.5 Å². The summed E-state index contributed by atoms with van der Waals surface area (Å²) in [4.78, 5) is 30.3. The molecule has 0 unspecified atom stereocenters. The van der Waals surface area contributed by atoms with Crippen LogP contribution in [0.3, 0.4) is 0 Å². The first-order valence-electron chi connectivity index (χ1n) is 11.3. The first-order valence-corrected chi connectivity index (χ1v) is 11.3. The maximum absolute atomic E-state index is 13.4. The number of fused-ring (bicyclic) bond motifs is 1. The summed E-state index contributed by atoms with van der Waals surface area (Å²) < 4.78 is 11.0. The van der Waals surface area contributed by atoms with Crippen molar-refractivity contribution in [1.29, 1.82) is 0 Å². The molecule has 1 fully saturated rings. The number of hydrogen-bond acceptors (Lipinski definition) is 4. The topological polar surface area (TPSA) is 66.9 Å². The highest BCUT2D eigenvalue weighted by Gasteiger charge is 2.31. The zero-order valence-corrected chi connectivity index (χ0v) is 18.4. The molecule has 0 spiro atoms. The molecular formula is C27H26N2O4. The summed E-state index contributed by atoms with van der Waals surface area (Å²) >= 11 is 0. The summed E-state index contributed by atoms with van der Waals surface area (Å²) in [7, 11) is 0. The van der Waals surface area contributed by atoms with Crippen molar-refractivity contribution in [2.24, 2.45) is 5.92 Å². The van der Waals surface area contributed by atoms with E-state index in [0.717, 1.165) is 27.9 Å². The van der Waals surface area contributed by atoms with Gasteiger partial charge >= 0.3 is 0 Å². The van der Waals surface area contributed by atoms with Gasteiger partial charge in [0, 0.05) is 24.6 Å². The minimum atomic E-state index is -0.133. The van der Waals surface area contributed by atoms with E-state index >= 15 is 0 Å². The number of nitrogens with zero attached hydrogens (tertiary/aromatic N) is 2. The monoisotopic (exact) mass is 442 g/mol. The Morgan fingerprint density at radius 2 is 1.45 bits per heavy atom. The van der Waals surface area contributed by atoms with Crippen LogP contribution in [0.15, 0.2) is 88.1 Å². The molecule has 0 bridgehead atoms. The van der Waals surface area contributed by atoms with Gasteiger partial charge in [0.05, 0.1) is 25.6 Å². The third kappa shape index (κ3) is 4.55. The fourth-order valence-corrected chi connectivity index (χ4v) is 4.56. The van der Waals surface area contributed by atoms with Crippen LogP contribution in [0.5, 0.6) is 0 Å². The van der Waals surface area contributed by atoms with Crippen molar-refractivity contribution in [3.8, 4) is 0 Å². The third-order valence-corrected chi connectivity index (χ3v) is 6.32. The van der Waals surface area contributed by atoms with Crippen LogP contribution in [0.2, 0.25) is 0 Å². The fourth-order valence-electron chi connectivity index (χ4n) is 4.56. The molecule has 2 aromatic heterocycles. The summed E-state index contributed by atoms with van der Waals surface area (Å²) in [6.45, 7) is 1.91. The van der Waals surface area contributed by atoms with Crippen molar-refractivity contribution in [1.82, 2.24) is 9.80 Å². The molecule has 4 aromatic rings. The molecular weight excluding hydrogens is 416 g/mol. The Balaban J connectivity index is 1.27. The summed E-state index contributed by atoms with van der Waals surface area (Å²) in [6, 6.07) is 21.1. The minimum Gasteiger partial charge on any atom is -0.467 e. The molecule has 0 N–H and O–H groups in total. The number of carbonyl (C=O) groups excluding carboxylic acids is 2. The van der Waals surface area contributed by atoms with Crippen LogP contribution in [0.25, 0.3) is 10.8 Å². The van der Waals surface area contributed by atoms with Crippen LogP contribution in [0, 0.1) is 5.92 Å². The van der Waals surface area contributed by atoms with Crippen molar-refractivity contribution in [3.05, 3.63) is 96.3 Å². The second-order valence-corrected chi connectivity index (χ2v) is 8.45. The number of amides is 2. The lowest BCUT2D eigenvalue weighted by molar-refractivity contribution is -0.138. The van der Waals surface area contributed by atoms with Gasteiger partial charge in [-0.05, 0) is 53.9 Å². The van der Waals surface area contributed by atoms with Crippen molar-refractivity contribution < 1.29 is 18.4 Å². The number of benzene rings is 2. The maximum Gasteiger partial charge on any atom is 0.254 e. The van der Waals surface area contributed by atoms with Gasteiger partial charge in [-0.2, -0.15) is 0 Å². The van der Waals surface area contributed by atoms with Gasteiger partial charge in [-0.25, -0.2) is 0 Å². The van der Waals surface area contributed by atoms with E-state index in [2.05, 4.69) is 0 Å². The molecule has 2 aromatic carbocycles. The average Bonchev–Trinajstić information content (AvgIpc) is 3.57. The Morgan fingerprint density at radius 1 is 0.818 bits per heavy atom. The van der Waals surface area contributed by atoms with Gasteiger partial charge in [0.2, 0.25) is 5.91 Å². The highest BCUT2D eigenvalue weighted by atomic mass is 16.3. The summed E-state index contributed by atoms with van der Waals surface area (Å²) in [5.41, 5.74) is 0.718. The lowest BCUT2D eigenvalue weighted by Gasteiger charge is -2.34. The molecule has 1 saturated heterocycles. The average molecular weight is 443 g/mol. The molecule has 2 amide bonds. The zero-order valence-electron chi connectivity index (χ0n) is 18.4. The number of hydrogen-bond donors (Lipinski definition) is 0. The van der Waals surface area contributed by atoms with Gasteiger partial charge in [-0.1, -0.05) is 36.4 Å². The van der Waals surface area contributed by atoms with Gasteiger partial charge in [-0.15, -0.1) is 0 Å². The molecule has 5 rings (SSSR count). The molecule has 6 nitrogen and oxygen atoms in total. The molecule has 0 aliphatic carbocycles. The lowest BCUT2D eigenvalue weighted by atomic mass is 9.94. The van der Waals surface area contributed by atoms with E-state index in [4.69, 9.17) is 8.83 Å². The Kier molecular flexibility index (Phi) is 5.98. The van der Waals surface area contributed by atoms with E-state index in [1.165, 1.54) is 0 Å². The first kappa shape index (κ1) is 21.1. The Hall–Kier alpha value is -3.80. The molecule has 0 atom stereocenters. The molecule has 6 heteroatoms. The molecule has 168 valence electrons. The van der Waals surface area contributed by atoms with Gasteiger partial charge in [0.15, 0.2) is 0 Å². The van der Waals surface area contributed by atoms with E-state index in [0.29, 0.717) is 39.0 Å². The first-order chi connectivity index (χ1) is 16.2. The number of furan rings is 2. The smallest absolute Gasteiger partial charge is 0.254 e. The van der Waals surface area contributed by atoms with Gasteiger partial charge in [0.25, 0.3) is 5.91 Å². The number of carbonyl (C=O) groups is 2. The molecule has 33 heavy (non-hydrogen) atoms. The van der Waals surface area contributed by atoms with Crippen molar-refractivity contribution >= 4 is 22.6 Å². The largest absolute Gasteiger partial charge is 0.467 e. The van der Waals surface area contributed by atoms with Crippen molar-refractivity contribution in [2.75, 3.05) is 13.1 Å². The zero-order chi connectivity index (χ0) is 22.6. The highest BCUT2D eigenvalue weighted by molar-refractivity contribution is 6.07. The van der Waals surface area contributed by atoms with Crippen LogP contribution in [-0.2, 0) is 17.9 Å². The molecule has 0 radical (unpaired) electrons. The van der Waals surface area contributed by atoms with E-state index in [1.807, 2.05) is 71.6 Å². The number of rotatable bonds is 6. The molecule has 0 saturated carbocycles. The third-order valence-electron chi connectivity index (χ3n) is 6.32. The van der Waals surface area contributed by atoms with Crippen LogP contribution >= 0.6 is 0 Å². The molecule has 1 aliphatic rings.